The number of rotatable bonds is 5. The first kappa shape index (κ1) is 13.7. The molecule has 1 aromatic carbocycles. The smallest absolute Gasteiger partial charge is 0.138 e. The molecule has 0 amide bonds. The number of pyridine rings is 1. The lowest BCUT2D eigenvalue weighted by Crippen LogP contribution is -2.30. The molecule has 21 heavy (non-hydrogen) atoms. The van der Waals surface area contributed by atoms with E-state index in [0.29, 0.717) is 6.42 Å². The van der Waals surface area contributed by atoms with Crippen LogP contribution in [0.4, 0.5) is 0 Å². The minimum Gasteiger partial charge on any atom is -0.271 e. The maximum absolute atomic E-state index is 5.78. The first-order valence-electron chi connectivity index (χ1n) is 7.00. The summed E-state index contributed by atoms with van der Waals surface area (Å²) in [5.74, 6) is 6.69. The van der Waals surface area contributed by atoms with Gasteiger partial charge in [0.05, 0.1) is 11.6 Å². The molecule has 0 aliphatic heterocycles. The van der Waals surface area contributed by atoms with Gasteiger partial charge in [-0.1, -0.05) is 18.2 Å². The zero-order valence-corrected chi connectivity index (χ0v) is 11.9. The molecule has 0 spiro atoms. The van der Waals surface area contributed by atoms with E-state index in [9.17, 15) is 0 Å². The third kappa shape index (κ3) is 2.63. The Morgan fingerprint density at radius 2 is 2.14 bits per heavy atom. The summed E-state index contributed by atoms with van der Waals surface area (Å²) in [6.45, 7) is 2.84. The van der Waals surface area contributed by atoms with Crippen LogP contribution in [0.15, 0.2) is 42.9 Å². The van der Waals surface area contributed by atoms with Crippen molar-refractivity contribution < 1.29 is 0 Å². The first-order chi connectivity index (χ1) is 10.3. The Bertz CT molecular complexity index is 730. The molecular weight excluding hydrogens is 264 g/mol. The molecule has 3 N–H and O–H groups in total. The Morgan fingerprint density at radius 3 is 2.95 bits per heavy atom. The topological polar surface area (TPSA) is 81.7 Å². The van der Waals surface area contributed by atoms with Crippen molar-refractivity contribution in [2.45, 2.75) is 25.9 Å². The van der Waals surface area contributed by atoms with Crippen molar-refractivity contribution in [3.8, 4) is 0 Å². The molecule has 2 aromatic heterocycles. The summed E-state index contributed by atoms with van der Waals surface area (Å²) < 4.78 is 1.88. The van der Waals surface area contributed by atoms with E-state index in [1.807, 2.05) is 29.8 Å². The second-order valence-corrected chi connectivity index (χ2v) is 4.83. The Kier molecular flexibility index (Phi) is 3.89. The fourth-order valence-corrected chi connectivity index (χ4v) is 2.58. The summed E-state index contributed by atoms with van der Waals surface area (Å²) in [6, 6.07) is 10.0. The molecule has 108 valence electrons. The highest BCUT2D eigenvalue weighted by molar-refractivity contribution is 5.82. The van der Waals surface area contributed by atoms with Crippen LogP contribution in [-0.2, 0) is 13.0 Å². The number of fused-ring (bicyclic) bond motifs is 1. The maximum Gasteiger partial charge on any atom is 0.138 e. The Hall–Kier alpha value is -2.31. The molecule has 2 heterocycles. The van der Waals surface area contributed by atoms with Crippen LogP contribution in [-0.4, -0.2) is 19.7 Å². The number of nitrogens with two attached hydrogens (primary N) is 1. The van der Waals surface area contributed by atoms with E-state index in [-0.39, 0.29) is 6.04 Å². The normalized spacial score (nSPS) is 12.7. The van der Waals surface area contributed by atoms with Crippen LogP contribution in [0.2, 0.25) is 0 Å². The van der Waals surface area contributed by atoms with Gasteiger partial charge in [0.1, 0.15) is 12.2 Å². The second kappa shape index (κ2) is 5.99. The molecule has 0 aliphatic carbocycles. The lowest BCUT2D eigenvalue weighted by molar-refractivity contribution is 0.512. The van der Waals surface area contributed by atoms with Gasteiger partial charge >= 0.3 is 0 Å². The van der Waals surface area contributed by atoms with Gasteiger partial charge in [0.2, 0.25) is 0 Å². The molecule has 0 bridgehead atoms. The number of hydrazine groups is 1. The third-order valence-electron chi connectivity index (χ3n) is 3.64. The largest absolute Gasteiger partial charge is 0.271 e. The fourth-order valence-electron chi connectivity index (χ4n) is 2.58. The van der Waals surface area contributed by atoms with Gasteiger partial charge in [-0.25, -0.2) is 4.98 Å². The predicted molar refractivity (Wildman–Crippen MR) is 81.2 cm³/mol. The molecule has 1 atom stereocenters. The van der Waals surface area contributed by atoms with Crippen LogP contribution in [0.1, 0.15) is 24.4 Å². The van der Waals surface area contributed by atoms with Crippen molar-refractivity contribution in [2.24, 2.45) is 5.84 Å². The molecule has 0 fully saturated rings. The highest BCUT2D eigenvalue weighted by atomic mass is 15.3. The minimum atomic E-state index is -0.0348. The minimum absolute atomic E-state index is 0.0348. The average molecular weight is 282 g/mol. The van der Waals surface area contributed by atoms with E-state index >= 15 is 0 Å². The molecule has 0 saturated carbocycles. The average Bonchev–Trinajstić information content (AvgIpc) is 2.99. The predicted octanol–water partition coefficient (Wildman–Crippen LogP) is 1.59. The van der Waals surface area contributed by atoms with Crippen LogP contribution in [0, 0.1) is 0 Å². The zero-order chi connectivity index (χ0) is 14.7. The Balaban J connectivity index is 1.99. The van der Waals surface area contributed by atoms with Gasteiger partial charge in [-0.05, 0) is 24.6 Å². The molecule has 0 aliphatic rings. The van der Waals surface area contributed by atoms with Crippen LogP contribution in [0.3, 0.4) is 0 Å². The second-order valence-electron chi connectivity index (χ2n) is 4.83. The summed E-state index contributed by atoms with van der Waals surface area (Å²) >= 11 is 0. The molecular formula is C15H18N6. The van der Waals surface area contributed by atoms with Gasteiger partial charge in [-0.15, -0.1) is 0 Å². The number of nitrogens with one attached hydrogen (secondary N) is 1. The van der Waals surface area contributed by atoms with Crippen molar-refractivity contribution >= 4 is 10.9 Å². The SMILES string of the molecule is CCn1ncnc1CC(NN)c1cccc2ncccc12. The highest BCUT2D eigenvalue weighted by Crippen LogP contribution is 2.24. The fraction of sp³-hybridized carbons (Fsp3) is 0.267. The number of hydrogen-bond donors (Lipinski definition) is 2. The lowest BCUT2D eigenvalue weighted by atomic mass is 9.99. The van der Waals surface area contributed by atoms with Gasteiger partial charge < -0.3 is 0 Å². The van der Waals surface area contributed by atoms with Crippen LogP contribution < -0.4 is 11.3 Å². The molecule has 6 heteroatoms. The summed E-state index contributed by atoms with van der Waals surface area (Å²) in [5, 5.41) is 5.30. The van der Waals surface area contributed by atoms with E-state index in [1.54, 1.807) is 12.5 Å². The molecule has 3 rings (SSSR count). The maximum atomic E-state index is 5.78. The standard InChI is InChI=1S/C15H18N6/c1-2-21-15(18-10-19-21)9-14(20-16)12-5-3-7-13-11(12)6-4-8-17-13/h3-8,10,14,20H,2,9,16H2,1H3. The Morgan fingerprint density at radius 1 is 1.24 bits per heavy atom. The highest BCUT2D eigenvalue weighted by Gasteiger charge is 2.16. The Labute approximate surface area is 123 Å². The quantitative estimate of drug-likeness (QED) is 0.548. The van der Waals surface area contributed by atoms with Gasteiger partial charge in [0, 0.05) is 24.5 Å². The van der Waals surface area contributed by atoms with Crippen LogP contribution in [0.25, 0.3) is 10.9 Å². The van der Waals surface area contributed by atoms with Gasteiger partial charge in [0.25, 0.3) is 0 Å². The lowest BCUT2D eigenvalue weighted by Gasteiger charge is -2.18. The molecule has 3 aromatic rings. The van der Waals surface area contributed by atoms with E-state index in [2.05, 4.69) is 32.6 Å². The molecule has 0 radical (unpaired) electrons. The monoisotopic (exact) mass is 282 g/mol. The van der Waals surface area contributed by atoms with Gasteiger partial charge in [0.15, 0.2) is 0 Å². The number of hydrogen-bond acceptors (Lipinski definition) is 5. The first-order valence-corrected chi connectivity index (χ1v) is 7.00. The van der Waals surface area contributed by atoms with Crippen molar-refractivity contribution in [3.05, 3.63) is 54.2 Å². The summed E-state index contributed by atoms with van der Waals surface area (Å²) in [5.41, 5.74) is 4.98. The van der Waals surface area contributed by atoms with Crippen molar-refractivity contribution in [1.82, 2.24) is 25.2 Å². The van der Waals surface area contributed by atoms with Crippen molar-refractivity contribution in [3.63, 3.8) is 0 Å². The third-order valence-corrected chi connectivity index (χ3v) is 3.64. The molecule has 1 unspecified atom stereocenters. The van der Waals surface area contributed by atoms with E-state index < -0.39 is 0 Å². The number of nitrogens with zero attached hydrogens (tertiary/aromatic N) is 4. The van der Waals surface area contributed by atoms with Gasteiger partial charge in [-0.3, -0.25) is 20.9 Å². The van der Waals surface area contributed by atoms with E-state index in [0.717, 1.165) is 28.8 Å². The number of aromatic nitrogens is 4. The summed E-state index contributed by atoms with van der Waals surface area (Å²) in [6.07, 6.45) is 4.06. The van der Waals surface area contributed by atoms with Crippen molar-refractivity contribution in [2.75, 3.05) is 0 Å². The number of benzene rings is 1. The zero-order valence-electron chi connectivity index (χ0n) is 11.9. The number of aryl methyl sites for hydroxylation is 1. The van der Waals surface area contributed by atoms with E-state index in [4.69, 9.17) is 5.84 Å². The van der Waals surface area contributed by atoms with Crippen LogP contribution in [0.5, 0.6) is 0 Å². The van der Waals surface area contributed by atoms with Crippen LogP contribution >= 0.6 is 0 Å². The van der Waals surface area contributed by atoms with Crippen molar-refractivity contribution in [1.29, 1.82) is 0 Å². The summed E-state index contributed by atoms with van der Waals surface area (Å²) in [7, 11) is 0. The van der Waals surface area contributed by atoms with E-state index in [1.165, 1.54) is 0 Å². The molecule has 0 saturated heterocycles. The summed E-state index contributed by atoms with van der Waals surface area (Å²) in [4.78, 5) is 8.71. The van der Waals surface area contributed by atoms with Gasteiger partial charge in [-0.2, -0.15) is 5.10 Å². The molecule has 6 nitrogen and oxygen atoms in total.